The molecule has 1 fully saturated rings. The fourth-order valence-electron chi connectivity index (χ4n) is 3.02. The van der Waals surface area contributed by atoms with Gasteiger partial charge in [-0.15, -0.1) is 0 Å². The Morgan fingerprint density at radius 2 is 1.92 bits per heavy atom. The molecule has 1 atom stereocenters. The summed E-state index contributed by atoms with van der Waals surface area (Å²) in [6.45, 7) is 2.99. The minimum Gasteiger partial charge on any atom is -0.363 e. The molecular weight excluding hydrogens is 377 g/mol. The topological polar surface area (TPSA) is 62.3 Å². The van der Waals surface area contributed by atoms with Crippen LogP contribution in [-0.2, 0) is 10.0 Å². The predicted octanol–water partition coefficient (Wildman–Crippen LogP) is 4.22. The van der Waals surface area contributed by atoms with Gasteiger partial charge in [-0.25, -0.2) is 17.8 Å². The van der Waals surface area contributed by atoms with Crippen molar-refractivity contribution in [3.63, 3.8) is 0 Å². The first-order chi connectivity index (χ1) is 12.4. The molecule has 0 spiro atoms. The van der Waals surface area contributed by atoms with Crippen molar-refractivity contribution in [2.75, 3.05) is 18.4 Å². The van der Waals surface area contributed by atoms with E-state index in [0.29, 0.717) is 23.9 Å². The van der Waals surface area contributed by atoms with Crippen LogP contribution in [-0.4, -0.2) is 30.8 Å². The van der Waals surface area contributed by atoms with E-state index in [9.17, 15) is 12.8 Å². The Balaban J connectivity index is 1.73. The van der Waals surface area contributed by atoms with E-state index in [-0.39, 0.29) is 10.9 Å². The maximum Gasteiger partial charge on any atom is 0.244 e. The Morgan fingerprint density at radius 3 is 2.54 bits per heavy atom. The molecule has 1 N–H and O–H groups in total. The highest BCUT2D eigenvalue weighted by Crippen LogP contribution is 2.27. The average Bonchev–Trinajstić information content (AvgIpc) is 2.63. The van der Waals surface area contributed by atoms with Crippen LogP contribution in [0.15, 0.2) is 41.4 Å². The average molecular weight is 398 g/mol. The van der Waals surface area contributed by atoms with Crippen LogP contribution in [0.5, 0.6) is 0 Å². The van der Waals surface area contributed by atoms with Crippen molar-refractivity contribution in [2.45, 2.75) is 37.1 Å². The van der Waals surface area contributed by atoms with E-state index in [0.717, 1.165) is 24.8 Å². The number of nitrogens with zero attached hydrogens (tertiary/aromatic N) is 2. The van der Waals surface area contributed by atoms with Gasteiger partial charge >= 0.3 is 0 Å². The molecule has 5 nitrogen and oxygen atoms in total. The molecule has 2 heterocycles. The fraction of sp³-hybridized carbons (Fsp3) is 0.389. The van der Waals surface area contributed by atoms with E-state index in [1.165, 1.54) is 22.6 Å². The lowest BCUT2D eigenvalue weighted by Crippen LogP contribution is -2.35. The molecule has 1 aliphatic heterocycles. The van der Waals surface area contributed by atoms with Crippen LogP contribution in [0.2, 0.25) is 5.02 Å². The third-order valence-corrected chi connectivity index (χ3v) is 6.69. The van der Waals surface area contributed by atoms with Crippen LogP contribution >= 0.6 is 11.6 Å². The normalized spacial score (nSPS) is 17.0. The second kappa shape index (κ2) is 7.90. The van der Waals surface area contributed by atoms with Crippen molar-refractivity contribution in [2.24, 2.45) is 0 Å². The molecule has 1 aliphatic rings. The summed E-state index contributed by atoms with van der Waals surface area (Å²) in [4.78, 5) is 4.41. The Hall–Kier alpha value is -1.70. The zero-order valence-electron chi connectivity index (χ0n) is 14.5. The fourth-order valence-corrected chi connectivity index (χ4v) is 4.82. The molecule has 1 aromatic carbocycles. The Labute approximate surface area is 158 Å². The molecule has 1 unspecified atom stereocenters. The van der Waals surface area contributed by atoms with Crippen LogP contribution < -0.4 is 5.32 Å². The second-order valence-corrected chi connectivity index (χ2v) is 8.72. The minimum absolute atomic E-state index is 0.192. The lowest BCUT2D eigenvalue weighted by molar-refractivity contribution is 0.346. The number of anilines is 1. The summed E-state index contributed by atoms with van der Waals surface area (Å²) < 4.78 is 39.9. The Bertz CT molecular complexity index is 869. The van der Waals surface area contributed by atoms with E-state index >= 15 is 0 Å². The van der Waals surface area contributed by atoms with E-state index in [2.05, 4.69) is 10.3 Å². The van der Waals surface area contributed by atoms with Gasteiger partial charge in [-0.3, -0.25) is 0 Å². The molecule has 0 bridgehead atoms. The highest BCUT2D eigenvalue weighted by molar-refractivity contribution is 7.89. The van der Waals surface area contributed by atoms with Crippen molar-refractivity contribution >= 4 is 27.4 Å². The summed E-state index contributed by atoms with van der Waals surface area (Å²) >= 11 is 6.08. The Kier molecular flexibility index (Phi) is 5.79. The molecule has 0 radical (unpaired) electrons. The number of aromatic nitrogens is 1. The largest absolute Gasteiger partial charge is 0.363 e. The van der Waals surface area contributed by atoms with Gasteiger partial charge in [0.25, 0.3) is 0 Å². The molecule has 0 aliphatic carbocycles. The summed E-state index contributed by atoms with van der Waals surface area (Å²) in [5.41, 5.74) is 0.736. The van der Waals surface area contributed by atoms with Crippen molar-refractivity contribution in [1.82, 2.24) is 9.29 Å². The van der Waals surface area contributed by atoms with Crippen LogP contribution in [0.4, 0.5) is 10.2 Å². The minimum atomic E-state index is -3.49. The van der Waals surface area contributed by atoms with Gasteiger partial charge in [-0.05, 0) is 49.6 Å². The molecule has 140 valence electrons. The van der Waals surface area contributed by atoms with Crippen LogP contribution in [0.3, 0.4) is 0 Å². The molecule has 1 aromatic heterocycles. The summed E-state index contributed by atoms with van der Waals surface area (Å²) in [5.74, 6) is 0.131. The number of hydrogen-bond acceptors (Lipinski definition) is 4. The number of hydrogen-bond donors (Lipinski definition) is 1. The van der Waals surface area contributed by atoms with E-state index < -0.39 is 15.8 Å². The number of pyridine rings is 1. The maximum atomic E-state index is 13.2. The summed E-state index contributed by atoms with van der Waals surface area (Å²) in [5, 5.41) is 3.48. The molecule has 0 saturated carbocycles. The first kappa shape index (κ1) is 19.1. The van der Waals surface area contributed by atoms with Gasteiger partial charge in [0.15, 0.2) is 0 Å². The number of piperidine rings is 1. The van der Waals surface area contributed by atoms with Crippen LogP contribution in [0, 0.1) is 5.82 Å². The molecule has 3 rings (SSSR count). The summed E-state index contributed by atoms with van der Waals surface area (Å²) in [7, 11) is -3.49. The standard InChI is InChI=1S/C18H21ClFN3O2S/c1-13(16-7-5-14(20)11-17(16)19)22-18-8-6-15(12-21-18)26(24,25)23-9-3-2-4-10-23/h5-8,11-13H,2-4,9-10H2,1H3,(H,21,22). The summed E-state index contributed by atoms with van der Waals surface area (Å²) in [6.07, 6.45) is 4.21. The van der Waals surface area contributed by atoms with Crippen molar-refractivity contribution in [3.05, 3.63) is 52.9 Å². The summed E-state index contributed by atoms with van der Waals surface area (Å²) in [6, 6.07) is 7.20. The SMILES string of the molecule is CC(Nc1ccc(S(=O)(=O)N2CCCCC2)cn1)c1ccc(F)cc1Cl. The van der Waals surface area contributed by atoms with Gasteiger partial charge in [0, 0.05) is 24.3 Å². The highest BCUT2D eigenvalue weighted by atomic mass is 35.5. The van der Waals surface area contributed by atoms with Gasteiger partial charge in [-0.1, -0.05) is 24.1 Å². The molecular formula is C18H21ClFN3O2S. The van der Waals surface area contributed by atoms with E-state index in [1.54, 1.807) is 18.2 Å². The molecule has 0 amide bonds. The number of benzene rings is 1. The zero-order valence-corrected chi connectivity index (χ0v) is 16.0. The lowest BCUT2D eigenvalue weighted by atomic mass is 10.1. The van der Waals surface area contributed by atoms with E-state index in [1.807, 2.05) is 6.92 Å². The predicted molar refractivity (Wildman–Crippen MR) is 100 cm³/mol. The molecule has 2 aromatic rings. The van der Waals surface area contributed by atoms with Gasteiger partial charge in [0.2, 0.25) is 10.0 Å². The third kappa shape index (κ3) is 4.16. The van der Waals surface area contributed by atoms with Crippen LogP contribution in [0.1, 0.15) is 37.8 Å². The van der Waals surface area contributed by atoms with Gasteiger partial charge in [-0.2, -0.15) is 4.31 Å². The van der Waals surface area contributed by atoms with Gasteiger partial charge in [0.1, 0.15) is 16.5 Å². The van der Waals surface area contributed by atoms with Crippen molar-refractivity contribution < 1.29 is 12.8 Å². The number of halogens is 2. The van der Waals surface area contributed by atoms with Crippen molar-refractivity contribution in [3.8, 4) is 0 Å². The smallest absolute Gasteiger partial charge is 0.244 e. The van der Waals surface area contributed by atoms with Crippen LogP contribution in [0.25, 0.3) is 0 Å². The third-order valence-electron chi connectivity index (χ3n) is 4.48. The molecule has 8 heteroatoms. The van der Waals surface area contributed by atoms with Gasteiger partial charge < -0.3 is 5.32 Å². The number of rotatable bonds is 5. The number of nitrogens with one attached hydrogen (secondary N) is 1. The van der Waals surface area contributed by atoms with Crippen molar-refractivity contribution in [1.29, 1.82) is 0 Å². The highest BCUT2D eigenvalue weighted by Gasteiger charge is 2.26. The maximum absolute atomic E-state index is 13.2. The molecule has 1 saturated heterocycles. The second-order valence-electron chi connectivity index (χ2n) is 6.38. The first-order valence-corrected chi connectivity index (χ1v) is 10.4. The monoisotopic (exact) mass is 397 g/mol. The van der Waals surface area contributed by atoms with Gasteiger partial charge in [0.05, 0.1) is 6.04 Å². The zero-order chi connectivity index (χ0) is 18.7. The molecule has 26 heavy (non-hydrogen) atoms. The van der Waals surface area contributed by atoms with E-state index in [4.69, 9.17) is 11.6 Å². The number of sulfonamides is 1. The Morgan fingerprint density at radius 1 is 1.19 bits per heavy atom. The lowest BCUT2D eigenvalue weighted by Gasteiger charge is -2.25. The quantitative estimate of drug-likeness (QED) is 0.820. The first-order valence-electron chi connectivity index (χ1n) is 8.55.